The quantitative estimate of drug-likeness (QED) is 0.272. The number of benzene rings is 2. The molecule has 0 spiro atoms. The summed E-state index contributed by atoms with van der Waals surface area (Å²) in [5.41, 5.74) is 3.53. The summed E-state index contributed by atoms with van der Waals surface area (Å²) in [5.74, 6) is -0.603. The first-order valence-corrected chi connectivity index (χ1v) is 12.9. The van der Waals surface area contributed by atoms with Crippen LogP contribution in [0.15, 0.2) is 48.5 Å². The summed E-state index contributed by atoms with van der Waals surface area (Å²) in [6.45, 7) is 3.64. The molecule has 10 heteroatoms. The Morgan fingerprint density at radius 1 is 0.675 bits per heavy atom. The molecule has 0 aliphatic heterocycles. The van der Waals surface area contributed by atoms with E-state index in [0.717, 1.165) is 0 Å². The number of hydrogen-bond donors (Lipinski definition) is 2. The number of methoxy groups -OCH3 is 2. The van der Waals surface area contributed by atoms with Gasteiger partial charge in [0.25, 0.3) is 0 Å². The van der Waals surface area contributed by atoms with Gasteiger partial charge in [0.15, 0.2) is 0 Å². The Bertz CT molecular complexity index is 1460. The molecule has 40 heavy (non-hydrogen) atoms. The molecule has 0 amide bonds. The molecule has 2 N–H and O–H groups in total. The SMILES string of the molecule is CCOC(=O)c1c2c(n(-c3ccc(OC)cc3)c1O)Cc1c(C(=O)OCC)c(O)n(-c3ccc(OC)cc3)c1C2. The molecule has 208 valence electrons. The number of nitrogens with zero attached hydrogens (tertiary/aromatic N) is 2. The predicted octanol–water partition coefficient (Wildman–Crippen LogP) is 4.54. The topological polar surface area (TPSA) is 121 Å². The van der Waals surface area contributed by atoms with Crippen LogP contribution in [0.5, 0.6) is 23.3 Å². The first-order chi connectivity index (χ1) is 19.3. The highest BCUT2D eigenvalue weighted by Gasteiger charge is 2.38. The fraction of sp³-hybridized carbons (Fsp3) is 0.267. The van der Waals surface area contributed by atoms with Crippen molar-refractivity contribution in [2.45, 2.75) is 26.7 Å². The van der Waals surface area contributed by atoms with Crippen LogP contribution in [0.4, 0.5) is 0 Å². The molecule has 10 nitrogen and oxygen atoms in total. The monoisotopic (exact) mass is 546 g/mol. The molecule has 4 aromatic rings. The molecule has 2 aromatic carbocycles. The molecular weight excluding hydrogens is 516 g/mol. The summed E-state index contributed by atoms with van der Waals surface area (Å²) in [6, 6.07) is 14.0. The van der Waals surface area contributed by atoms with Crippen LogP contribution in [0, 0.1) is 0 Å². The van der Waals surface area contributed by atoms with E-state index in [1.807, 2.05) is 0 Å². The minimum absolute atomic E-state index is 0.0398. The van der Waals surface area contributed by atoms with Gasteiger partial charge >= 0.3 is 11.9 Å². The van der Waals surface area contributed by atoms with Crippen molar-refractivity contribution in [1.29, 1.82) is 0 Å². The van der Waals surface area contributed by atoms with Gasteiger partial charge in [0.1, 0.15) is 22.6 Å². The lowest BCUT2D eigenvalue weighted by molar-refractivity contribution is 0.0511. The number of fused-ring (bicyclic) bond motifs is 2. The molecule has 1 aliphatic rings. The summed E-state index contributed by atoms with van der Waals surface area (Å²) < 4.78 is 24.3. The maximum absolute atomic E-state index is 13.1. The van der Waals surface area contributed by atoms with E-state index >= 15 is 0 Å². The first-order valence-electron chi connectivity index (χ1n) is 12.9. The molecule has 1 aliphatic carbocycles. The first kappa shape index (κ1) is 26.7. The van der Waals surface area contributed by atoms with Gasteiger partial charge in [-0.3, -0.25) is 9.13 Å². The fourth-order valence-electron chi connectivity index (χ4n) is 5.25. The van der Waals surface area contributed by atoms with E-state index in [1.165, 1.54) is 0 Å². The molecule has 2 heterocycles. The third-order valence-corrected chi connectivity index (χ3v) is 7.02. The van der Waals surface area contributed by atoms with Crippen molar-refractivity contribution in [2.24, 2.45) is 0 Å². The second-order valence-electron chi connectivity index (χ2n) is 9.11. The number of aromatic nitrogens is 2. The smallest absolute Gasteiger partial charge is 0.343 e. The molecule has 0 bridgehead atoms. The van der Waals surface area contributed by atoms with Gasteiger partial charge in [-0.25, -0.2) is 9.59 Å². The lowest BCUT2D eigenvalue weighted by atomic mass is 9.90. The van der Waals surface area contributed by atoms with Gasteiger partial charge in [0.05, 0.1) is 27.4 Å². The van der Waals surface area contributed by atoms with Gasteiger partial charge in [0, 0.05) is 35.6 Å². The van der Waals surface area contributed by atoms with E-state index < -0.39 is 11.9 Å². The average molecular weight is 547 g/mol. The van der Waals surface area contributed by atoms with Gasteiger partial charge in [-0.15, -0.1) is 0 Å². The highest BCUT2D eigenvalue weighted by molar-refractivity contribution is 5.97. The predicted molar refractivity (Wildman–Crippen MR) is 145 cm³/mol. The van der Waals surface area contributed by atoms with Gasteiger partial charge in [0.2, 0.25) is 11.8 Å². The van der Waals surface area contributed by atoms with Crippen LogP contribution in [0.25, 0.3) is 11.4 Å². The minimum Gasteiger partial charge on any atom is -0.497 e. The number of carbonyl (C=O) groups is 2. The summed E-state index contributed by atoms with van der Waals surface area (Å²) >= 11 is 0. The molecule has 0 saturated heterocycles. The Morgan fingerprint density at radius 3 is 1.32 bits per heavy atom. The van der Waals surface area contributed by atoms with Crippen LogP contribution in [0.2, 0.25) is 0 Å². The van der Waals surface area contributed by atoms with Gasteiger partial charge in [-0.05, 0) is 73.5 Å². The number of ether oxygens (including phenoxy) is 4. The summed E-state index contributed by atoms with van der Waals surface area (Å²) in [6.07, 6.45) is 0.267. The normalized spacial score (nSPS) is 11.9. The van der Waals surface area contributed by atoms with Crippen molar-refractivity contribution in [3.8, 4) is 34.6 Å². The maximum atomic E-state index is 13.1. The lowest BCUT2D eigenvalue weighted by Crippen LogP contribution is -2.16. The number of carbonyl (C=O) groups excluding carboxylic acids is 2. The van der Waals surface area contributed by atoms with E-state index in [2.05, 4.69) is 0 Å². The van der Waals surface area contributed by atoms with Gasteiger partial charge < -0.3 is 29.2 Å². The van der Waals surface area contributed by atoms with Crippen LogP contribution in [0.3, 0.4) is 0 Å². The molecule has 0 radical (unpaired) electrons. The number of esters is 2. The third-order valence-electron chi connectivity index (χ3n) is 7.02. The molecule has 0 unspecified atom stereocenters. The number of aromatic hydroxyl groups is 2. The van der Waals surface area contributed by atoms with Crippen LogP contribution in [-0.4, -0.2) is 58.7 Å². The highest BCUT2D eigenvalue weighted by atomic mass is 16.5. The van der Waals surface area contributed by atoms with E-state index in [1.54, 1.807) is 85.7 Å². The fourth-order valence-corrected chi connectivity index (χ4v) is 5.25. The summed E-state index contributed by atoms with van der Waals surface area (Å²) in [5, 5.41) is 22.8. The average Bonchev–Trinajstić information content (AvgIpc) is 3.40. The Morgan fingerprint density at radius 2 is 1.02 bits per heavy atom. The van der Waals surface area contributed by atoms with Gasteiger partial charge in [-0.1, -0.05) is 0 Å². The lowest BCUT2D eigenvalue weighted by Gasteiger charge is -2.20. The second-order valence-corrected chi connectivity index (χ2v) is 9.11. The molecular formula is C30H30N2O8. The maximum Gasteiger partial charge on any atom is 0.343 e. The van der Waals surface area contributed by atoms with Crippen LogP contribution in [0.1, 0.15) is 57.1 Å². The van der Waals surface area contributed by atoms with Crippen molar-refractivity contribution in [2.75, 3.05) is 27.4 Å². The Labute approximate surface area is 230 Å². The molecule has 5 rings (SSSR count). The van der Waals surface area contributed by atoms with E-state index in [0.29, 0.717) is 45.4 Å². The van der Waals surface area contributed by atoms with Gasteiger partial charge in [-0.2, -0.15) is 0 Å². The zero-order valence-corrected chi connectivity index (χ0v) is 22.7. The standard InChI is InChI=1S/C30H30N2O8/c1-5-39-29(35)25-21-15-24-22(16-23(21)31(27(25)33)17-7-11-19(37-3)12-8-17)26(30(36)40-6-2)28(34)32(24)18-9-13-20(38-4)14-10-18/h7-14,33-34H,5-6,15-16H2,1-4H3. The third kappa shape index (κ3) is 4.31. The summed E-state index contributed by atoms with van der Waals surface area (Å²) in [7, 11) is 3.11. The zero-order valence-electron chi connectivity index (χ0n) is 22.7. The second kappa shape index (κ2) is 10.7. The van der Waals surface area contributed by atoms with Crippen molar-refractivity contribution in [3.05, 3.63) is 82.2 Å². The zero-order chi connectivity index (χ0) is 28.6. The minimum atomic E-state index is -0.663. The van der Waals surface area contributed by atoms with Crippen LogP contribution in [-0.2, 0) is 22.3 Å². The molecule has 0 atom stereocenters. The van der Waals surface area contributed by atoms with Crippen molar-refractivity contribution < 1.29 is 38.7 Å². The highest BCUT2D eigenvalue weighted by Crippen LogP contribution is 2.44. The number of hydrogen-bond acceptors (Lipinski definition) is 8. The Balaban J connectivity index is 1.75. The Hall–Kier alpha value is -4.86. The number of rotatable bonds is 8. The molecule has 0 saturated carbocycles. The van der Waals surface area contributed by atoms with Crippen molar-refractivity contribution >= 4 is 11.9 Å². The van der Waals surface area contributed by atoms with Crippen LogP contribution >= 0.6 is 0 Å². The summed E-state index contributed by atoms with van der Waals surface area (Å²) in [4.78, 5) is 26.3. The van der Waals surface area contributed by atoms with E-state index in [9.17, 15) is 19.8 Å². The molecule has 0 fully saturated rings. The Kier molecular flexibility index (Phi) is 7.17. The van der Waals surface area contributed by atoms with E-state index in [-0.39, 0.29) is 48.9 Å². The largest absolute Gasteiger partial charge is 0.497 e. The van der Waals surface area contributed by atoms with Crippen molar-refractivity contribution in [1.82, 2.24) is 9.13 Å². The van der Waals surface area contributed by atoms with Crippen LogP contribution < -0.4 is 9.47 Å². The van der Waals surface area contributed by atoms with E-state index in [4.69, 9.17) is 18.9 Å². The van der Waals surface area contributed by atoms with Crippen molar-refractivity contribution in [3.63, 3.8) is 0 Å². The molecule has 2 aromatic heterocycles.